The van der Waals surface area contributed by atoms with Gasteiger partial charge >= 0.3 is 0 Å². The molecule has 26 heavy (non-hydrogen) atoms. The normalized spacial score (nSPS) is 12.8. The van der Waals surface area contributed by atoms with Crippen LogP contribution < -0.4 is 19.5 Å². The van der Waals surface area contributed by atoms with E-state index < -0.39 is 0 Å². The van der Waals surface area contributed by atoms with E-state index in [-0.39, 0.29) is 12.5 Å². The summed E-state index contributed by atoms with van der Waals surface area (Å²) in [5.41, 5.74) is 2.72. The molecule has 1 N–H and O–H groups in total. The molecule has 0 unspecified atom stereocenters. The Morgan fingerprint density at radius 1 is 0.962 bits per heavy atom. The van der Waals surface area contributed by atoms with Gasteiger partial charge < -0.3 is 19.5 Å². The van der Waals surface area contributed by atoms with Crippen LogP contribution in [0.25, 0.3) is 0 Å². The van der Waals surface area contributed by atoms with Gasteiger partial charge in [0.1, 0.15) is 12.4 Å². The highest BCUT2D eigenvalue weighted by molar-refractivity contribution is 5.77. The first-order chi connectivity index (χ1) is 12.8. The molecule has 5 nitrogen and oxygen atoms in total. The topological polar surface area (TPSA) is 56.8 Å². The number of aryl methyl sites for hydroxylation is 1. The van der Waals surface area contributed by atoms with Gasteiger partial charge in [0, 0.05) is 0 Å². The Morgan fingerprint density at radius 3 is 2.58 bits per heavy atom. The maximum absolute atomic E-state index is 11.9. The monoisotopic (exact) mass is 355 g/mol. The van der Waals surface area contributed by atoms with Crippen molar-refractivity contribution in [3.05, 3.63) is 53.6 Å². The highest BCUT2D eigenvalue weighted by Gasteiger charge is 2.13. The summed E-state index contributed by atoms with van der Waals surface area (Å²) in [4.78, 5) is 11.9. The summed E-state index contributed by atoms with van der Waals surface area (Å²) in [7, 11) is 1.57. The first kappa shape index (κ1) is 18.1. The van der Waals surface area contributed by atoms with Crippen molar-refractivity contribution in [1.82, 2.24) is 5.32 Å². The van der Waals surface area contributed by atoms with Gasteiger partial charge in [-0.05, 0) is 55.0 Å². The van der Waals surface area contributed by atoms with Crippen LogP contribution >= 0.6 is 0 Å². The Labute approximate surface area is 154 Å². The zero-order chi connectivity index (χ0) is 18.2. The standard InChI is InChI=1S/C21H25NO4/c1-24-19-10-4-5-11-20(19)26-15-21(23)22-13-14-25-18-12-6-8-16-7-2-3-9-17(16)18/h4-6,8,10-12H,2-3,7,9,13-15H2,1H3,(H,22,23). The van der Waals surface area contributed by atoms with Gasteiger partial charge in [-0.15, -0.1) is 0 Å². The molecule has 1 aliphatic carbocycles. The van der Waals surface area contributed by atoms with Crippen molar-refractivity contribution in [1.29, 1.82) is 0 Å². The van der Waals surface area contributed by atoms with Crippen molar-refractivity contribution in [3.8, 4) is 17.2 Å². The molecule has 3 rings (SSSR count). The number of carbonyl (C=O) groups is 1. The van der Waals surface area contributed by atoms with E-state index in [2.05, 4.69) is 11.4 Å². The molecule has 0 atom stereocenters. The highest BCUT2D eigenvalue weighted by Crippen LogP contribution is 2.29. The molecule has 0 aromatic heterocycles. The van der Waals surface area contributed by atoms with E-state index >= 15 is 0 Å². The van der Waals surface area contributed by atoms with Gasteiger partial charge in [0.2, 0.25) is 0 Å². The molecule has 1 amide bonds. The van der Waals surface area contributed by atoms with Crippen LogP contribution in [0, 0.1) is 0 Å². The smallest absolute Gasteiger partial charge is 0.258 e. The molecule has 2 aromatic rings. The van der Waals surface area contributed by atoms with E-state index in [0.717, 1.165) is 18.6 Å². The van der Waals surface area contributed by atoms with Gasteiger partial charge in [0.05, 0.1) is 13.7 Å². The first-order valence-electron chi connectivity index (χ1n) is 9.04. The fraction of sp³-hybridized carbons (Fsp3) is 0.381. The third kappa shape index (κ3) is 4.69. The Morgan fingerprint density at radius 2 is 1.73 bits per heavy atom. The van der Waals surface area contributed by atoms with E-state index in [4.69, 9.17) is 14.2 Å². The van der Waals surface area contributed by atoms with Gasteiger partial charge in [0.15, 0.2) is 18.1 Å². The number of rotatable bonds is 8. The number of amides is 1. The zero-order valence-corrected chi connectivity index (χ0v) is 15.1. The molecule has 0 heterocycles. The number of hydrogen-bond donors (Lipinski definition) is 1. The summed E-state index contributed by atoms with van der Waals surface area (Å²) < 4.78 is 16.6. The number of methoxy groups -OCH3 is 1. The van der Waals surface area contributed by atoms with Crippen LogP contribution in [0.3, 0.4) is 0 Å². The van der Waals surface area contributed by atoms with E-state index in [1.165, 1.54) is 24.0 Å². The van der Waals surface area contributed by atoms with Gasteiger partial charge in [0.25, 0.3) is 5.91 Å². The molecule has 0 fully saturated rings. The number of ether oxygens (including phenoxy) is 3. The minimum Gasteiger partial charge on any atom is -0.493 e. The summed E-state index contributed by atoms with van der Waals surface area (Å²) in [5, 5.41) is 2.81. The predicted molar refractivity (Wildman–Crippen MR) is 100 cm³/mol. The minimum atomic E-state index is -0.186. The Kier molecular flexibility index (Phi) is 6.36. The Hall–Kier alpha value is -2.69. The average molecular weight is 355 g/mol. The molecule has 0 saturated heterocycles. The zero-order valence-electron chi connectivity index (χ0n) is 15.1. The van der Waals surface area contributed by atoms with Crippen LogP contribution in [-0.2, 0) is 17.6 Å². The number of carbonyl (C=O) groups excluding carboxylic acids is 1. The summed E-state index contributed by atoms with van der Waals surface area (Å²) in [6.07, 6.45) is 4.66. The van der Waals surface area contributed by atoms with E-state index in [9.17, 15) is 4.79 Å². The molecule has 0 radical (unpaired) electrons. The quantitative estimate of drug-likeness (QED) is 0.739. The van der Waals surface area contributed by atoms with Crippen molar-refractivity contribution in [2.75, 3.05) is 26.9 Å². The lowest BCUT2D eigenvalue weighted by Crippen LogP contribution is -2.32. The fourth-order valence-electron chi connectivity index (χ4n) is 3.17. The molecule has 2 aromatic carbocycles. The molecule has 0 aliphatic heterocycles. The fourth-order valence-corrected chi connectivity index (χ4v) is 3.17. The van der Waals surface area contributed by atoms with Crippen LogP contribution in [0.4, 0.5) is 0 Å². The maximum Gasteiger partial charge on any atom is 0.258 e. The SMILES string of the molecule is COc1ccccc1OCC(=O)NCCOc1cccc2c1CCCC2. The molecule has 0 saturated carbocycles. The lowest BCUT2D eigenvalue weighted by Gasteiger charge is -2.19. The molecule has 5 heteroatoms. The predicted octanol–water partition coefficient (Wildman–Crippen LogP) is 3.15. The third-order valence-electron chi connectivity index (χ3n) is 4.46. The minimum absolute atomic E-state index is 0.0545. The molecule has 0 spiro atoms. The number of nitrogens with one attached hydrogen (secondary N) is 1. The largest absolute Gasteiger partial charge is 0.493 e. The summed E-state index contributed by atoms with van der Waals surface area (Å²) >= 11 is 0. The van der Waals surface area contributed by atoms with Gasteiger partial charge in [-0.25, -0.2) is 0 Å². The number of fused-ring (bicyclic) bond motifs is 1. The lowest BCUT2D eigenvalue weighted by atomic mass is 9.91. The summed E-state index contributed by atoms with van der Waals surface area (Å²) in [5.74, 6) is 1.92. The average Bonchev–Trinajstić information content (AvgIpc) is 2.70. The Balaban J connectivity index is 1.41. The lowest BCUT2D eigenvalue weighted by molar-refractivity contribution is -0.123. The van der Waals surface area contributed by atoms with Crippen molar-refractivity contribution >= 4 is 5.91 Å². The van der Waals surface area contributed by atoms with Crippen LogP contribution in [0.2, 0.25) is 0 Å². The maximum atomic E-state index is 11.9. The van der Waals surface area contributed by atoms with Crippen molar-refractivity contribution in [3.63, 3.8) is 0 Å². The second kappa shape index (κ2) is 9.13. The molecule has 0 bridgehead atoms. The second-order valence-corrected chi connectivity index (χ2v) is 6.24. The highest BCUT2D eigenvalue weighted by atomic mass is 16.5. The van der Waals surface area contributed by atoms with E-state index in [0.29, 0.717) is 24.7 Å². The van der Waals surface area contributed by atoms with Crippen LogP contribution in [-0.4, -0.2) is 32.8 Å². The Bertz CT molecular complexity index is 745. The van der Waals surface area contributed by atoms with Gasteiger partial charge in [-0.1, -0.05) is 24.3 Å². The molecule has 1 aliphatic rings. The summed E-state index contributed by atoms with van der Waals surface area (Å²) in [6.45, 7) is 0.829. The van der Waals surface area contributed by atoms with Crippen molar-refractivity contribution in [2.45, 2.75) is 25.7 Å². The third-order valence-corrected chi connectivity index (χ3v) is 4.46. The van der Waals surface area contributed by atoms with E-state index in [1.807, 2.05) is 24.3 Å². The molecular formula is C21H25NO4. The summed E-state index contributed by atoms with van der Waals surface area (Å²) in [6, 6.07) is 13.5. The van der Waals surface area contributed by atoms with Gasteiger partial charge in [-0.3, -0.25) is 4.79 Å². The molecular weight excluding hydrogens is 330 g/mol. The number of hydrogen-bond acceptors (Lipinski definition) is 4. The van der Waals surface area contributed by atoms with Crippen molar-refractivity contribution < 1.29 is 19.0 Å². The van der Waals surface area contributed by atoms with E-state index in [1.54, 1.807) is 19.2 Å². The number of para-hydroxylation sites is 2. The van der Waals surface area contributed by atoms with Crippen LogP contribution in [0.5, 0.6) is 17.2 Å². The van der Waals surface area contributed by atoms with Crippen LogP contribution in [0.1, 0.15) is 24.0 Å². The molecule has 138 valence electrons. The number of benzene rings is 2. The van der Waals surface area contributed by atoms with Crippen LogP contribution in [0.15, 0.2) is 42.5 Å². The second-order valence-electron chi connectivity index (χ2n) is 6.24. The van der Waals surface area contributed by atoms with Gasteiger partial charge in [-0.2, -0.15) is 0 Å². The van der Waals surface area contributed by atoms with Crippen molar-refractivity contribution in [2.24, 2.45) is 0 Å². The first-order valence-corrected chi connectivity index (χ1v) is 9.04.